The summed E-state index contributed by atoms with van der Waals surface area (Å²) in [6.07, 6.45) is 0.465. The number of amides is 1. The van der Waals surface area contributed by atoms with Gasteiger partial charge in [-0.05, 0) is 66.2 Å². The number of ether oxygens (including phenoxy) is 1. The van der Waals surface area contributed by atoms with E-state index in [0.717, 1.165) is 5.56 Å². The summed E-state index contributed by atoms with van der Waals surface area (Å²) in [5, 5.41) is 14.1. The Morgan fingerprint density at radius 1 is 1.19 bits per heavy atom. The molecule has 0 saturated carbocycles. The number of aryl methyl sites for hydroxylation is 1. The molecule has 8 nitrogen and oxygen atoms in total. The number of carbonyl (C=O) groups is 2. The third kappa shape index (κ3) is 4.48. The minimum absolute atomic E-state index is 0.311. The van der Waals surface area contributed by atoms with Crippen molar-refractivity contribution < 1.29 is 14.3 Å². The van der Waals surface area contributed by atoms with Gasteiger partial charge in [-0.3, -0.25) is 4.79 Å². The van der Waals surface area contributed by atoms with Gasteiger partial charge in [0.1, 0.15) is 6.33 Å². The molecule has 1 N–H and O–H groups in total. The molecule has 0 aliphatic carbocycles. The minimum atomic E-state index is -0.977. The van der Waals surface area contributed by atoms with Crippen LogP contribution in [0, 0.1) is 6.92 Å². The fourth-order valence-corrected chi connectivity index (χ4v) is 2.45. The predicted molar refractivity (Wildman–Crippen MR) is 98.9 cm³/mol. The maximum absolute atomic E-state index is 12.3. The smallest absolute Gasteiger partial charge is 0.338 e. The molecule has 0 fully saturated rings. The highest BCUT2D eigenvalue weighted by atomic mass is 35.5. The van der Waals surface area contributed by atoms with Crippen molar-refractivity contribution in [2.24, 2.45) is 0 Å². The third-order valence-corrected chi connectivity index (χ3v) is 4.06. The number of nitrogens with one attached hydrogen (secondary N) is 1. The van der Waals surface area contributed by atoms with Gasteiger partial charge in [0.05, 0.1) is 11.3 Å². The van der Waals surface area contributed by atoms with Crippen molar-refractivity contribution in [3.05, 3.63) is 64.9 Å². The van der Waals surface area contributed by atoms with Crippen molar-refractivity contribution in [1.82, 2.24) is 20.2 Å². The highest BCUT2D eigenvalue weighted by molar-refractivity contribution is 6.31. The molecule has 1 aromatic heterocycles. The molecule has 27 heavy (non-hydrogen) atoms. The van der Waals surface area contributed by atoms with Crippen LogP contribution in [0.5, 0.6) is 0 Å². The third-order valence-electron chi connectivity index (χ3n) is 3.83. The van der Waals surface area contributed by atoms with E-state index in [1.807, 2.05) is 6.92 Å². The van der Waals surface area contributed by atoms with Crippen molar-refractivity contribution in [1.29, 1.82) is 0 Å². The van der Waals surface area contributed by atoms with E-state index in [1.165, 1.54) is 17.9 Å². The van der Waals surface area contributed by atoms with Gasteiger partial charge in [0.25, 0.3) is 5.91 Å². The van der Waals surface area contributed by atoms with Crippen LogP contribution >= 0.6 is 11.6 Å². The van der Waals surface area contributed by atoms with Gasteiger partial charge in [0.15, 0.2) is 6.10 Å². The fraction of sp³-hybridized carbons (Fsp3) is 0.167. The van der Waals surface area contributed by atoms with Crippen molar-refractivity contribution >= 4 is 29.2 Å². The maximum atomic E-state index is 12.3. The Balaban J connectivity index is 1.63. The van der Waals surface area contributed by atoms with Crippen LogP contribution in [-0.4, -0.2) is 38.2 Å². The Morgan fingerprint density at radius 2 is 1.93 bits per heavy atom. The molecule has 9 heteroatoms. The van der Waals surface area contributed by atoms with E-state index in [1.54, 1.807) is 42.5 Å². The molecule has 138 valence electrons. The summed E-state index contributed by atoms with van der Waals surface area (Å²) < 4.78 is 6.70. The second-order valence-corrected chi connectivity index (χ2v) is 6.23. The highest BCUT2D eigenvalue weighted by Crippen LogP contribution is 2.20. The lowest BCUT2D eigenvalue weighted by atomic mass is 10.2. The molecule has 0 radical (unpaired) electrons. The molecule has 0 aliphatic heterocycles. The first-order valence-electron chi connectivity index (χ1n) is 8.05. The first-order chi connectivity index (χ1) is 12.9. The van der Waals surface area contributed by atoms with Gasteiger partial charge in [-0.25, -0.2) is 9.48 Å². The predicted octanol–water partition coefficient (Wildman–Crippen LogP) is 2.81. The number of halogens is 1. The zero-order chi connectivity index (χ0) is 19.4. The molecular formula is C18H16ClN5O3. The Bertz CT molecular complexity index is 958. The lowest BCUT2D eigenvalue weighted by molar-refractivity contribution is -0.123. The Morgan fingerprint density at radius 3 is 2.59 bits per heavy atom. The number of anilines is 1. The molecule has 0 unspecified atom stereocenters. The van der Waals surface area contributed by atoms with Crippen molar-refractivity contribution in [3.8, 4) is 5.69 Å². The molecule has 3 aromatic rings. The molecule has 1 atom stereocenters. The molecular weight excluding hydrogens is 370 g/mol. The van der Waals surface area contributed by atoms with E-state index < -0.39 is 18.0 Å². The van der Waals surface area contributed by atoms with E-state index in [4.69, 9.17) is 16.3 Å². The summed E-state index contributed by atoms with van der Waals surface area (Å²) in [6.45, 7) is 3.34. The SMILES string of the molecule is Cc1ccc(Cl)cc1NC(=O)[C@H](C)OC(=O)c1ccc(-n2cnnn2)cc1. The van der Waals surface area contributed by atoms with Gasteiger partial charge in [-0.2, -0.15) is 0 Å². The van der Waals surface area contributed by atoms with Crippen LogP contribution in [0.3, 0.4) is 0 Å². The standard InChI is InChI=1S/C18H16ClN5O3/c1-11-3-6-14(19)9-16(11)21-17(25)12(2)27-18(26)13-4-7-15(8-5-13)24-10-20-22-23-24/h3-10,12H,1-2H3,(H,21,25)/t12-/m0/s1. The molecule has 1 amide bonds. The molecule has 0 aliphatic rings. The van der Waals surface area contributed by atoms with E-state index in [9.17, 15) is 9.59 Å². The largest absolute Gasteiger partial charge is 0.449 e. The van der Waals surface area contributed by atoms with Crippen LogP contribution in [0.25, 0.3) is 5.69 Å². The summed E-state index contributed by atoms with van der Waals surface area (Å²) in [5.74, 6) is -1.05. The topological polar surface area (TPSA) is 99.0 Å². The number of aromatic nitrogens is 4. The first-order valence-corrected chi connectivity index (χ1v) is 8.43. The number of benzene rings is 2. The minimum Gasteiger partial charge on any atom is -0.449 e. The average Bonchev–Trinajstić information content (AvgIpc) is 3.19. The monoisotopic (exact) mass is 385 g/mol. The highest BCUT2D eigenvalue weighted by Gasteiger charge is 2.19. The van der Waals surface area contributed by atoms with E-state index in [2.05, 4.69) is 20.8 Å². The summed E-state index contributed by atoms with van der Waals surface area (Å²) in [7, 11) is 0. The van der Waals surface area contributed by atoms with Gasteiger partial charge in [0, 0.05) is 10.7 Å². The van der Waals surface area contributed by atoms with Crippen LogP contribution < -0.4 is 5.32 Å². The van der Waals surface area contributed by atoms with Crippen LogP contribution in [0.4, 0.5) is 5.69 Å². The molecule has 0 saturated heterocycles. The zero-order valence-electron chi connectivity index (χ0n) is 14.6. The van der Waals surface area contributed by atoms with Gasteiger partial charge in [0.2, 0.25) is 0 Å². The lowest BCUT2D eigenvalue weighted by Gasteiger charge is -2.15. The molecule has 0 spiro atoms. The number of carbonyl (C=O) groups excluding carboxylic acids is 2. The van der Waals surface area contributed by atoms with Gasteiger partial charge < -0.3 is 10.1 Å². The lowest BCUT2D eigenvalue weighted by Crippen LogP contribution is -2.30. The van der Waals surface area contributed by atoms with E-state index in [0.29, 0.717) is 22.0 Å². The molecule has 0 bridgehead atoms. The summed E-state index contributed by atoms with van der Waals surface area (Å²) in [5.41, 5.74) is 2.43. The Kier molecular flexibility index (Phi) is 5.46. The first kappa shape index (κ1) is 18.5. The number of hydrogen-bond acceptors (Lipinski definition) is 6. The number of hydrogen-bond donors (Lipinski definition) is 1. The van der Waals surface area contributed by atoms with E-state index >= 15 is 0 Å². The van der Waals surface area contributed by atoms with Crippen molar-refractivity contribution in [3.63, 3.8) is 0 Å². The van der Waals surface area contributed by atoms with Crippen LogP contribution in [0.1, 0.15) is 22.8 Å². The molecule has 2 aromatic carbocycles. The number of rotatable bonds is 5. The summed E-state index contributed by atoms with van der Waals surface area (Å²) in [6, 6.07) is 11.7. The number of esters is 1. The van der Waals surface area contributed by atoms with Crippen molar-refractivity contribution in [2.45, 2.75) is 20.0 Å². The van der Waals surface area contributed by atoms with E-state index in [-0.39, 0.29) is 0 Å². The quantitative estimate of drug-likeness (QED) is 0.678. The normalized spacial score (nSPS) is 11.7. The van der Waals surface area contributed by atoms with Gasteiger partial charge in [-0.1, -0.05) is 17.7 Å². The van der Waals surface area contributed by atoms with Crippen molar-refractivity contribution in [2.75, 3.05) is 5.32 Å². The Labute approximate surface area is 160 Å². The van der Waals surface area contributed by atoms with Crippen LogP contribution in [0.15, 0.2) is 48.8 Å². The van der Waals surface area contributed by atoms with Gasteiger partial charge in [-0.15, -0.1) is 5.10 Å². The fourth-order valence-electron chi connectivity index (χ4n) is 2.28. The number of nitrogens with zero attached hydrogens (tertiary/aromatic N) is 4. The summed E-state index contributed by atoms with van der Waals surface area (Å²) in [4.78, 5) is 24.6. The number of tetrazole rings is 1. The second-order valence-electron chi connectivity index (χ2n) is 5.80. The summed E-state index contributed by atoms with van der Waals surface area (Å²) >= 11 is 5.94. The van der Waals surface area contributed by atoms with Crippen LogP contribution in [0.2, 0.25) is 5.02 Å². The maximum Gasteiger partial charge on any atom is 0.338 e. The molecule has 3 rings (SSSR count). The zero-order valence-corrected chi connectivity index (χ0v) is 15.3. The second kappa shape index (κ2) is 7.96. The molecule has 1 heterocycles. The van der Waals surface area contributed by atoms with Gasteiger partial charge >= 0.3 is 5.97 Å². The Hall–Kier alpha value is -3.26. The van der Waals surface area contributed by atoms with Crippen LogP contribution in [-0.2, 0) is 9.53 Å². The average molecular weight is 386 g/mol.